The van der Waals surface area contributed by atoms with Gasteiger partial charge in [0.15, 0.2) is 0 Å². The largest absolute Gasteiger partial charge is 0.426 e. The van der Waals surface area contributed by atoms with Crippen molar-refractivity contribution in [3.05, 3.63) is 23.9 Å². The van der Waals surface area contributed by atoms with Gasteiger partial charge in [-0.15, -0.1) is 23.0 Å². The van der Waals surface area contributed by atoms with Gasteiger partial charge >= 0.3 is 49.3 Å². The van der Waals surface area contributed by atoms with Crippen LogP contribution in [0, 0.1) is 0 Å². The number of carbonyl (C=O) groups excluding carboxylic acids is 5. The lowest BCUT2D eigenvalue weighted by atomic mass is 9.99. The molecule has 7 aliphatic rings. The number of urea groups is 3. The molecular weight excluding hydrogens is 875 g/mol. The number of hydroxylamine groups is 6. The van der Waals surface area contributed by atoms with Gasteiger partial charge in [0, 0.05) is 19.1 Å². The number of hydrogen-bond donors (Lipinski definition) is 6. The molecule has 0 radical (unpaired) electrons. The van der Waals surface area contributed by atoms with Gasteiger partial charge in [0.25, 0.3) is 0 Å². The number of nitrogens with two attached hydrogens (primary N) is 1. The summed E-state index contributed by atoms with van der Waals surface area (Å²) in [6.07, 6.45) is 6.26. The predicted octanol–water partition coefficient (Wildman–Crippen LogP) is -2.76. The summed E-state index contributed by atoms with van der Waals surface area (Å²) in [6, 6.07) is -5.66. The minimum atomic E-state index is -4.80. The third-order valence-electron chi connectivity index (χ3n) is 10.4. The summed E-state index contributed by atoms with van der Waals surface area (Å²) in [7, 11) is -14.3. The first-order chi connectivity index (χ1) is 28.0. The van der Waals surface area contributed by atoms with Crippen LogP contribution < -0.4 is 16.4 Å². The van der Waals surface area contributed by atoms with Crippen molar-refractivity contribution < 1.29 is 80.2 Å². The molecule has 0 aliphatic carbocycles. The molecule has 7 N–H and O–H groups in total. The number of aromatic nitrogens is 2. The maximum atomic E-state index is 12.4. The van der Waals surface area contributed by atoms with Crippen molar-refractivity contribution in [2.75, 3.05) is 32.7 Å². The fourth-order valence-electron chi connectivity index (χ4n) is 7.95. The second-order valence-electron chi connectivity index (χ2n) is 14.4. The van der Waals surface area contributed by atoms with E-state index in [0.29, 0.717) is 52.3 Å². The van der Waals surface area contributed by atoms with E-state index in [4.69, 9.17) is 23.8 Å². The Kier molecular flexibility index (Phi) is 12.9. The molecule has 1 aromatic rings. The number of hydrogen-bond acceptors (Lipinski definition) is 18. The van der Waals surface area contributed by atoms with Gasteiger partial charge in [0.05, 0.1) is 24.7 Å². The molecular formula is C28H41N11O18S3. The third kappa shape index (κ3) is 10.2. The fourth-order valence-corrected chi connectivity index (χ4v) is 9.10. The first kappa shape index (κ1) is 44.7. The maximum Gasteiger partial charge on any atom is 0.418 e. The molecule has 1 aromatic heterocycles. The lowest BCUT2D eigenvalue weighted by molar-refractivity contribution is -0.127. The van der Waals surface area contributed by atoms with E-state index in [1.54, 1.807) is 6.92 Å². The van der Waals surface area contributed by atoms with Crippen LogP contribution in [0.4, 0.5) is 14.4 Å². The smallest absolute Gasteiger partial charge is 0.418 e. The van der Waals surface area contributed by atoms with Crippen molar-refractivity contribution in [1.82, 2.24) is 50.7 Å². The molecule has 32 heteroatoms. The van der Waals surface area contributed by atoms with Crippen LogP contribution in [-0.2, 0) is 53.6 Å². The summed E-state index contributed by atoms with van der Waals surface area (Å²) in [5.74, 6) is -0.651. The highest BCUT2D eigenvalue weighted by molar-refractivity contribution is 7.81. The average molecular weight is 916 g/mol. The van der Waals surface area contributed by atoms with Gasteiger partial charge in [-0.2, -0.15) is 40.4 Å². The summed E-state index contributed by atoms with van der Waals surface area (Å²) < 4.78 is 108. The van der Waals surface area contributed by atoms with Crippen LogP contribution in [0.2, 0.25) is 0 Å². The van der Waals surface area contributed by atoms with E-state index in [9.17, 15) is 49.2 Å². The summed E-state index contributed by atoms with van der Waals surface area (Å²) in [5, 5.41) is 15.3. The first-order valence-corrected chi connectivity index (χ1v) is 22.2. The number of nitrogens with one attached hydrogen (secondary N) is 2. The van der Waals surface area contributed by atoms with Crippen LogP contribution in [0.1, 0.15) is 57.4 Å². The van der Waals surface area contributed by atoms with Crippen LogP contribution >= 0.6 is 0 Å². The van der Waals surface area contributed by atoms with E-state index < -0.39 is 91.4 Å². The number of piperidine rings is 3. The van der Waals surface area contributed by atoms with Crippen molar-refractivity contribution in [1.29, 1.82) is 0 Å². The quantitative estimate of drug-likeness (QED) is 0.102. The number of rotatable bonds is 10. The molecule has 60 heavy (non-hydrogen) atoms. The van der Waals surface area contributed by atoms with E-state index in [-0.39, 0.29) is 31.6 Å². The topological polar surface area (TPSA) is 385 Å². The van der Waals surface area contributed by atoms with Crippen molar-refractivity contribution in [2.24, 2.45) is 5.73 Å². The Balaban J connectivity index is 0.000000152. The number of fused-ring (bicyclic) bond motifs is 6. The second kappa shape index (κ2) is 17.3. The SMILES string of the molecule is CC1=C[C@@H]2CN(C(=O)N2OS(=O)(=O)O)[C@@H]1C(N)=O.O=C(NC1CCNCC1)[C@@H]1CC[C@@H]2CN1C(=O)N2OS(=O)(=O)O.O=C1N2C[C@@H](CC[C@H]2c2nnco2)N1OS(=O)(=O)O. The van der Waals surface area contributed by atoms with Crippen molar-refractivity contribution in [2.45, 2.75) is 87.7 Å². The van der Waals surface area contributed by atoms with Crippen LogP contribution in [0.25, 0.3) is 0 Å². The predicted molar refractivity (Wildman–Crippen MR) is 191 cm³/mol. The number of amides is 8. The van der Waals surface area contributed by atoms with E-state index in [1.807, 2.05) is 0 Å². The summed E-state index contributed by atoms with van der Waals surface area (Å²) in [6.45, 7) is 3.84. The minimum absolute atomic E-state index is 0.0687. The van der Waals surface area contributed by atoms with Crippen molar-refractivity contribution >= 4 is 61.1 Å². The lowest BCUT2D eigenvalue weighted by Gasteiger charge is -2.32. The molecule has 0 saturated carbocycles. The highest BCUT2D eigenvalue weighted by atomic mass is 32.3. The number of nitrogens with zero attached hydrogens (tertiary/aromatic N) is 8. The summed E-state index contributed by atoms with van der Waals surface area (Å²) >= 11 is 0. The highest BCUT2D eigenvalue weighted by Crippen LogP contribution is 2.38. The summed E-state index contributed by atoms with van der Waals surface area (Å²) in [4.78, 5) is 63.6. The molecule has 0 unspecified atom stereocenters. The molecule has 6 bridgehead atoms. The molecule has 0 spiro atoms. The average Bonchev–Trinajstić information content (AvgIpc) is 3.89. The van der Waals surface area contributed by atoms with Gasteiger partial charge in [-0.1, -0.05) is 6.08 Å². The van der Waals surface area contributed by atoms with Gasteiger partial charge in [-0.25, -0.2) is 14.4 Å². The molecule has 7 aliphatic heterocycles. The van der Waals surface area contributed by atoms with Crippen LogP contribution in [-0.4, -0.2) is 178 Å². The molecule has 334 valence electrons. The zero-order chi connectivity index (χ0) is 43.9. The zero-order valence-corrected chi connectivity index (χ0v) is 33.8. The van der Waals surface area contributed by atoms with Gasteiger partial charge in [0.1, 0.15) is 18.1 Å². The Morgan fingerprint density at radius 1 is 0.783 bits per heavy atom. The standard InChI is InChI=1S/C12H20N4O6S.C8H10N4O6S.C8H11N3O6S/c17-11(14-8-3-5-13-6-4-8)10-2-1-9-7-15(10)12(18)16(9)22-23(19,20)21;13-8-11-3-5(12(8)18-19(14,15)16)1-2-6(11)7-10-9-4-17-7;1-4-2-5-3-10(6(4)7(9)12)8(13)11(5)17-18(14,15)16/h8-10,13H,1-7H2,(H,14,17)(H,19,20,21);4-6H,1-3H2,(H,14,15,16);2,5-6H,3H2,1H3,(H2,9,12)(H,14,15,16)/t9-,10+;2*5-,6+/m111/s1. The third-order valence-corrected chi connectivity index (χ3v) is 11.5. The molecule has 8 amide bonds. The maximum absolute atomic E-state index is 12.4. The number of primary amides is 1. The molecule has 0 aromatic carbocycles. The van der Waals surface area contributed by atoms with Crippen LogP contribution in [0.15, 0.2) is 22.5 Å². The van der Waals surface area contributed by atoms with Gasteiger partial charge in [-0.05, 0) is 64.1 Å². The van der Waals surface area contributed by atoms with Gasteiger partial charge < -0.3 is 35.5 Å². The van der Waals surface area contributed by atoms with E-state index in [0.717, 1.165) is 37.2 Å². The Morgan fingerprint density at radius 3 is 1.87 bits per heavy atom. The molecule has 29 nitrogen and oxygen atoms in total. The molecule has 8 rings (SSSR count). The minimum Gasteiger partial charge on any atom is -0.426 e. The van der Waals surface area contributed by atoms with Gasteiger partial charge in [0.2, 0.25) is 24.1 Å². The molecule has 6 fully saturated rings. The Morgan fingerprint density at radius 2 is 1.32 bits per heavy atom. The lowest BCUT2D eigenvalue weighted by Crippen LogP contribution is -2.53. The highest BCUT2D eigenvalue weighted by Gasteiger charge is 2.51. The van der Waals surface area contributed by atoms with E-state index in [2.05, 4.69) is 33.7 Å². The molecule has 6 atom stereocenters. The molecule has 6 saturated heterocycles. The fraction of sp³-hybridized carbons (Fsp3) is 0.679. The van der Waals surface area contributed by atoms with Crippen LogP contribution in [0.3, 0.4) is 0 Å². The second-order valence-corrected chi connectivity index (χ2v) is 17.4. The Labute approximate surface area is 341 Å². The van der Waals surface area contributed by atoms with E-state index in [1.165, 1.54) is 15.9 Å². The normalized spacial score (nSPS) is 27.9. The Hall–Kier alpha value is -4.80. The molecule has 8 heterocycles. The van der Waals surface area contributed by atoms with Crippen LogP contribution in [0.5, 0.6) is 0 Å². The van der Waals surface area contributed by atoms with Gasteiger partial charge in [-0.3, -0.25) is 23.2 Å². The number of carbonyl (C=O) groups is 5. The summed E-state index contributed by atoms with van der Waals surface area (Å²) in [5.41, 5.74) is 5.70. The van der Waals surface area contributed by atoms with Crippen molar-refractivity contribution in [3.63, 3.8) is 0 Å². The zero-order valence-electron chi connectivity index (χ0n) is 31.3. The van der Waals surface area contributed by atoms with E-state index >= 15 is 0 Å². The Bertz CT molecular complexity index is 2210. The first-order valence-electron chi connectivity index (χ1n) is 18.1. The van der Waals surface area contributed by atoms with Crippen molar-refractivity contribution in [3.8, 4) is 0 Å². The monoisotopic (exact) mass is 915 g/mol.